The number of benzene rings is 2. The number of nitrogens with zero attached hydrogens (tertiary/aromatic N) is 1. The molecule has 2 aromatic carbocycles. The van der Waals surface area contributed by atoms with Crippen LogP contribution in [0.3, 0.4) is 0 Å². The quantitative estimate of drug-likeness (QED) is 0.574. The summed E-state index contributed by atoms with van der Waals surface area (Å²) in [6, 6.07) is 14.6. The monoisotopic (exact) mass is 428 g/mol. The summed E-state index contributed by atoms with van der Waals surface area (Å²) in [6.45, 7) is 3.99. The fourth-order valence-corrected chi connectivity index (χ4v) is 4.75. The van der Waals surface area contributed by atoms with Crippen molar-refractivity contribution in [1.29, 1.82) is 0 Å². The fraction of sp³-hybridized carbons (Fsp3) is 0.227. The summed E-state index contributed by atoms with van der Waals surface area (Å²) >= 11 is 6.79. The van der Waals surface area contributed by atoms with Crippen molar-refractivity contribution in [1.82, 2.24) is 10.2 Å². The summed E-state index contributed by atoms with van der Waals surface area (Å²) in [5.74, 6) is -0.966. The van der Waals surface area contributed by atoms with E-state index < -0.39 is 10.8 Å². The third-order valence-corrected chi connectivity index (χ3v) is 6.17. The van der Waals surface area contributed by atoms with Gasteiger partial charge in [-0.3, -0.25) is 14.5 Å². The molecule has 1 atom stereocenters. The maximum absolute atomic E-state index is 13.2. The predicted molar refractivity (Wildman–Crippen MR) is 119 cm³/mol. The molecule has 0 saturated carbocycles. The van der Waals surface area contributed by atoms with Crippen molar-refractivity contribution in [3.63, 3.8) is 0 Å². The van der Waals surface area contributed by atoms with E-state index in [4.69, 9.17) is 12.2 Å². The van der Waals surface area contributed by atoms with Crippen molar-refractivity contribution in [2.24, 2.45) is 0 Å². The van der Waals surface area contributed by atoms with Gasteiger partial charge in [0.25, 0.3) is 5.91 Å². The molecule has 0 aromatic heterocycles. The van der Waals surface area contributed by atoms with E-state index in [9.17, 15) is 14.0 Å². The minimum absolute atomic E-state index is 0.229. The number of thioether (sulfide) groups is 1. The van der Waals surface area contributed by atoms with Crippen molar-refractivity contribution in [2.75, 3.05) is 0 Å². The van der Waals surface area contributed by atoms with Gasteiger partial charge in [0.15, 0.2) is 0 Å². The van der Waals surface area contributed by atoms with E-state index in [1.165, 1.54) is 34.9 Å². The molecule has 1 aliphatic rings. The Bertz CT molecular complexity index is 943. The van der Waals surface area contributed by atoms with Crippen LogP contribution in [0.1, 0.15) is 25.0 Å². The van der Waals surface area contributed by atoms with Gasteiger partial charge in [0.05, 0.1) is 6.54 Å². The summed E-state index contributed by atoms with van der Waals surface area (Å²) in [5, 5.41) is 2.82. The van der Waals surface area contributed by atoms with Gasteiger partial charge >= 0.3 is 0 Å². The molecule has 0 aliphatic carbocycles. The van der Waals surface area contributed by atoms with Crippen LogP contribution in [-0.2, 0) is 16.1 Å². The van der Waals surface area contributed by atoms with Gasteiger partial charge in [0.1, 0.15) is 16.2 Å². The number of amides is 2. The normalized spacial score (nSPS) is 18.9. The number of thiocarbonyl (C=S) groups is 1. The first-order valence-electron chi connectivity index (χ1n) is 9.09. The second kappa shape index (κ2) is 8.88. The molecular formula is C22H21FN2O2S2. The van der Waals surface area contributed by atoms with Crippen LogP contribution in [0.5, 0.6) is 0 Å². The van der Waals surface area contributed by atoms with Crippen LogP contribution in [0.4, 0.5) is 4.39 Å². The summed E-state index contributed by atoms with van der Waals surface area (Å²) < 4.78 is 13.0. The van der Waals surface area contributed by atoms with E-state index in [2.05, 4.69) is 5.32 Å². The fourth-order valence-electron chi connectivity index (χ4n) is 2.96. The van der Waals surface area contributed by atoms with Gasteiger partial charge in [-0.2, -0.15) is 0 Å². The van der Waals surface area contributed by atoms with Crippen LogP contribution in [0.2, 0.25) is 0 Å². The third kappa shape index (κ3) is 5.31. The lowest BCUT2D eigenvalue weighted by molar-refractivity contribution is -0.133. The highest BCUT2D eigenvalue weighted by atomic mass is 32.2. The molecule has 0 bridgehead atoms. The van der Waals surface area contributed by atoms with Gasteiger partial charge in [0, 0.05) is 10.8 Å². The Hall–Kier alpha value is -2.51. The zero-order valence-electron chi connectivity index (χ0n) is 16.1. The minimum atomic E-state index is -0.743. The van der Waals surface area contributed by atoms with Gasteiger partial charge in [-0.25, -0.2) is 4.39 Å². The number of hydrogen-bond acceptors (Lipinski definition) is 4. The summed E-state index contributed by atoms with van der Waals surface area (Å²) in [4.78, 5) is 27.1. The number of halogens is 1. The molecule has 1 aliphatic heterocycles. The molecule has 0 radical (unpaired) electrons. The molecule has 7 heteroatoms. The van der Waals surface area contributed by atoms with Crippen molar-refractivity contribution in [2.45, 2.75) is 31.2 Å². The van der Waals surface area contributed by atoms with Gasteiger partial charge in [0.2, 0.25) is 5.91 Å². The average Bonchev–Trinajstić information content (AvgIpc) is 2.69. The van der Waals surface area contributed by atoms with Crippen LogP contribution in [0.25, 0.3) is 6.08 Å². The third-order valence-electron chi connectivity index (χ3n) is 4.55. The molecule has 3 rings (SSSR count). The topological polar surface area (TPSA) is 49.4 Å². The van der Waals surface area contributed by atoms with Gasteiger partial charge in [-0.15, -0.1) is 0 Å². The highest BCUT2D eigenvalue weighted by Gasteiger charge is 2.46. The standard InChI is InChI=1S/C22H21FN2O2S2/c1-22(2)19(24-18(26)13-10-15-6-4-3-5-7-15)20(27)25(21(28)29-22)14-16-8-11-17(23)12-9-16/h3-13,19H,14H2,1-2H3,(H,24,26)/b13-10+. The van der Waals surface area contributed by atoms with Crippen molar-refractivity contribution in [3.05, 3.63) is 77.6 Å². The maximum Gasteiger partial charge on any atom is 0.252 e. The number of hydrogen-bond donors (Lipinski definition) is 1. The van der Waals surface area contributed by atoms with E-state index in [0.29, 0.717) is 4.32 Å². The molecule has 1 heterocycles. The van der Waals surface area contributed by atoms with Crippen LogP contribution >= 0.6 is 24.0 Å². The molecule has 2 amide bonds. The Balaban J connectivity index is 1.74. The maximum atomic E-state index is 13.2. The summed E-state index contributed by atoms with van der Waals surface area (Å²) in [5.41, 5.74) is 1.65. The van der Waals surface area contributed by atoms with E-state index >= 15 is 0 Å². The molecule has 1 saturated heterocycles. The van der Waals surface area contributed by atoms with E-state index in [1.54, 1.807) is 18.2 Å². The molecule has 29 heavy (non-hydrogen) atoms. The zero-order valence-corrected chi connectivity index (χ0v) is 17.7. The Morgan fingerprint density at radius 2 is 1.86 bits per heavy atom. The van der Waals surface area contributed by atoms with Crippen LogP contribution < -0.4 is 5.32 Å². The largest absolute Gasteiger partial charge is 0.339 e. The first kappa shape index (κ1) is 21.2. The zero-order chi connectivity index (χ0) is 21.0. The van der Waals surface area contributed by atoms with E-state index in [-0.39, 0.29) is 24.2 Å². The summed E-state index contributed by atoms with van der Waals surface area (Å²) in [6.07, 6.45) is 3.12. The van der Waals surface area contributed by atoms with Crippen molar-refractivity contribution in [3.8, 4) is 0 Å². The molecule has 4 nitrogen and oxygen atoms in total. The lowest BCUT2D eigenvalue weighted by atomic mass is 10.0. The smallest absolute Gasteiger partial charge is 0.252 e. The molecule has 1 unspecified atom stereocenters. The van der Waals surface area contributed by atoms with Crippen molar-refractivity contribution < 1.29 is 14.0 Å². The number of rotatable bonds is 5. The van der Waals surface area contributed by atoms with E-state index in [0.717, 1.165) is 11.1 Å². The highest BCUT2D eigenvalue weighted by molar-refractivity contribution is 8.24. The first-order chi connectivity index (χ1) is 13.8. The molecule has 2 aromatic rings. The molecule has 1 N–H and O–H groups in total. The minimum Gasteiger partial charge on any atom is -0.339 e. The van der Waals surface area contributed by atoms with Crippen LogP contribution in [-0.4, -0.2) is 31.8 Å². The van der Waals surface area contributed by atoms with Crippen LogP contribution in [0.15, 0.2) is 60.7 Å². The Morgan fingerprint density at radius 3 is 2.52 bits per heavy atom. The van der Waals surface area contributed by atoms with Crippen molar-refractivity contribution >= 4 is 46.2 Å². The van der Waals surface area contributed by atoms with Gasteiger partial charge in [-0.1, -0.05) is 66.4 Å². The van der Waals surface area contributed by atoms with E-state index in [1.807, 2.05) is 44.2 Å². The highest BCUT2D eigenvalue weighted by Crippen LogP contribution is 2.37. The number of carbonyl (C=O) groups excluding carboxylic acids is 2. The second-order valence-electron chi connectivity index (χ2n) is 7.21. The predicted octanol–water partition coefficient (Wildman–Crippen LogP) is 4.16. The molecule has 1 fully saturated rings. The average molecular weight is 429 g/mol. The first-order valence-corrected chi connectivity index (χ1v) is 10.3. The Morgan fingerprint density at radius 1 is 1.21 bits per heavy atom. The number of nitrogens with one attached hydrogen (secondary N) is 1. The van der Waals surface area contributed by atoms with Gasteiger partial charge < -0.3 is 5.32 Å². The second-order valence-corrected chi connectivity index (χ2v) is 9.50. The summed E-state index contributed by atoms with van der Waals surface area (Å²) in [7, 11) is 0. The molecule has 150 valence electrons. The Labute approximate surface area is 179 Å². The SMILES string of the molecule is CC1(C)SC(=S)N(Cc2ccc(F)cc2)C(=O)C1NC(=O)/C=C/c1ccccc1. The lowest BCUT2D eigenvalue weighted by Crippen LogP contribution is -2.61. The lowest BCUT2D eigenvalue weighted by Gasteiger charge is -2.42. The van der Waals surface area contributed by atoms with Gasteiger partial charge in [-0.05, 0) is 43.2 Å². The molecular weight excluding hydrogens is 407 g/mol. The number of carbonyl (C=O) groups is 2. The Kier molecular flexibility index (Phi) is 6.49. The molecule has 0 spiro atoms. The van der Waals surface area contributed by atoms with Crippen LogP contribution in [0, 0.1) is 5.82 Å².